The van der Waals surface area contributed by atoms with Crippen molar-refractivity contribution in [3.05, 3.63) is 0 Å². The van der Waals surface area contributed by atoms with Crippen LogP contribution in [0.5, 0.6) is 0 Å². The first-order valence-electron chi connectivity index (χ1n) is 6.30. The minimum Gasteiger partial charge on any atom is -0.469 e. The van der Waals surface area contributed by atoms with Gasteiger partial charge in [0.2, 0.25) is 5.91 Å². The van der Waals surface area contributed by atoms with Crippen LogP contribution in [-0.2, 0) is 23.9 Å². The molecule has 0 aliphatic rings. The first kappa shape index (κ1) is 17.4. The summed E-state index contributed by atoms with van der Waals surface area (Å²) in [7, 11) is 4.12. The Morgan fingerprint density at radius 1 is 1.05 bits per heavy atom. The molecule has 0 aliphatic heterocycles. The highest BCUT2D eigenvalue weighted by Crippen LogP contribution is 2.30. The molecule has 0 rings (SSSR count). The van der Waals surface area contributed by atoms with Gasteiger partial charge in [-0.1, -0.05) is 13.8 Å². The molecule has 0 fully saturated rings. The molecule has 0 radical (unpaired) electrons. The summed E-state index contributed by atoms with van der Waals surface area (Å²) in [6.45, 7) is 3.75. The molecule has 0 bridgehead atoms. The number of esters is 2. The van der Waals surface area contributed by atoms with Gasteiger partial charge in [0.15, 0.2) is 0 Å². The quantitative estimate of drug-likeness (QED) is 0.511. The molecule has 6 heteroatoms. The lowest BCUT2D eigenvalue weighted by atomic mass is 9.81. The lowest BCUT2D eigenvalue weighted by molar-refractivity contribution is -0.163. The molecule has 0 aromatic carbocycles. The fraction of sp³-hybridized carbons (Fsp3) is 0.769. The van der Waals surface area contributed by atoms with Crippen molar-refractivity contribution in [3.63, 3.8) is 0 Å². The monoisotopic (exact) mass is 273 g/mol. The maximum absolute atomic E-state index is 12.4. The van der Waals surface area contributed by atoms with E-state index in [1.807, 2.05) is 0 Å². The van der Waals surface area contributed by atoms with Crippen LogP contribution in [0.3, 0.4) is 0 Å². The summed E-state index contributed by atoms with van der Waals surface area (Å²) in [5.41, 5.74) is -1.17. The predicted octanol–water partition coefficient (Wildman–Crippen LogP) is 0.987. The van der Waals surface area contributed by atoms with Gasteiger partial charge in [0, 0.05) is 13.6 Å². The smallest absolute Gasteiger partial charge is 0.321 e. The minimum absolute atomic E-state index is 0.101. The standard InChI is InChI=1S/C13H23NO5/c1-6-13(7-2,12(17)19-5)11(16)14(3)9-8-10(15)18-4/h6-9H2,1-5H3. The zero-order valence-electron chi connectivity index (χ0n) is 12.3. The summed E-state index contributed by atoms with van der Waals surface area (Å²) in [5.74, 6) is -1.25. The molecule has 0 atom stereocenters. The summed E-state index contributed by atoms with van der Waals surface area (Å²) >= 11 is 0. The largest absolute Gasteiger partial charge is 0.469 e. The van der Waals surface area contributed by atoms with Crippen molar-refractivity contribution in [2.45, 2.75) is 33.1 Å². The third-order valence-electron chi connectivity index (χ3n) is 3.42. The average Bonchev–Trinajstić information content (AvgIpc) is 2.45. The molecule has 0 aromatic heterocycles. The molecule has 110 valence electrons. The number of hydrogen-bond donors (Lipinski definition) is 0. The van der Waals surface area contributed by atoms with Crippen molar-refractivity contribution < 1.29 is 23.9 Å². The normalized spacial score (nSPS) is 10.8. The lowest BCUT2D eigenvalue weighted by Crippen LogP contribution is -2.47. The third-order valence-corrected chi connectivity index (χ3v) is 3.42. The van der Waals surface area contributed by atoms with Crippen LogP contribution in [0.2, 0.25) is 0 Å². The topological polar surface area (TPSA) is 72.9 Å². The molecular weight excluding hydrogens is 250 g/mol. The van der Waals surface area contributed by atoms with E-state index in [2.05, 4.69) is 4.74 Å². The first-order chi connectivity index (χ1) is 8.89. The van der Waals surface area contributed by atoms with Crippen molar-refractivity contribution >= 4 is 17.8 Å². The van der Waals surface area contributed by atoms with Crippen LogP contribution in [0.15, 0.2) is 0 Å². The Hall–Kier alpha value is -1.59. The van der Waals surface area contributed by atoms with Crippen LogP contribution in [-0.4, -0.2) is 50.6 Å². The number of amides is 1. The van der Waals surface area contributed by atoms with Crippen molar-refractivity contribution in [3.8, 4) is 0 Å². The van der Waals surface area contributed by atoms with Crippen LogP contribution in [0.4, 0.5) is 0 Å². The molecule has 0 heterocycles. The van der Waals surface area contributed by atoms with Crippen molar-refractivity contribution in [2.24, 2.45) is 5.41 Å². The molecule has 0 unspecified atom stereocenters. The molecule has 1 amide bonds. The number of ether oxygens (including phenoxy) is 2. The van der Waals surface area contributed by atoms with E-state index in [9.17, 15) is 14.4 Å². The van der Waals surface area contributed by atoms with Crippen molar-refractivity contribution in [1.29, 1.82) is 0 Å². The molecule has 0 N–H and O–H groups in total. The SMILES string of the molecule is CCC(CC)(C(=O)OC)C(=O)N(C)CCC(=O)OC. The summed E-state index contributed by atoms with van der Waals surface area (Å²) in [4.78, 5) is 36.7. The van der Waals surface area contributed by atoms with Gasteiger partial charge in [-0.15, -0.1) is 0 Å². The average molecular weight is 273 g/mol. The second-order valence-electron chi connectivity index (χ2n) is 4.33. The van der Waals surface area contributed by atoms with Crippen LogP contribution < -0.4 is 0 Å². The fourth-order valence-corrected chi connectivity index (χ4v) is 1.95. The number of hydrogen-bond acceptors (Lipinski definition) is 5. The number of methoxy groups -OCH3 is 2. The molecule has 0 aromatic rings. The highest BCUT2D eigenvalue weighted by molar-refractivity contribution is 6.02. The fourth-order valence-electron chi connectivity index (χ4n) is 1.95. The Balaban J connectivity index is 4.90. The zero-order chi connectivity index (χ0) is 15.1. The minimum atomic E-state index is -1.17. The van der Waals surface area contributed by atoms with Crippen LogP contribution in [0.25, 0.3) is 0 Å². The summed E-state index contributed by atoms with van der Waals surface area (Å²) in [6, 6.07) is 0. The second kappa shape index (κ2) is 7.76. The van der Waals surface area contributed by atoms with Gasteiger partial charge in [-0.2, -0.15) is 0 Å². The molecule has 0 saturated heterocycles. The summed E-state index contributed by atoms with van der Waals surface area (Å²) in [6.07, 6.45) is 0.818. The van der Waals surface area contributed by atoms with E-state index in [4.69, 9.17) is 4.74 Å². The summed E-state index contributed by atoms with van der Waals surface area (Å²) in [5, 5.41) is 0. The van der Waals surface area contributed by atoms with E-state index < -0.39 is 17.4 Å². The number of carbonyl (C=O) groups excluding carboxylic acids is 3. The maximum atomic E-state index is 12.4. The maximum Gasteiger partial charge on any atom is 0.321 e. The first-order valence-corrected chi connectivity index (χ1v) is 6.30. The van der Waals surface area contributed by atoms with E-state index in [-0.39, 0.29) is 18.9 Å². The van der Waals surface area contributed by atoms with Gasteiger partial charge >= 0.3 is 11.9 Å². The molecule has 19 heavy (non-hydrogen) atoms. The van der Waals surface area contributed by atoms with E-state index in [1.165, 1.54) is 19.1 Å². The van der Waals surface area contributed by atoms with Gasteiger partial charge in [0.1, 0.15) is 5.41 Å². The number of nitrogens with zero attached hydrogens (tertiary/aromatic N) is 1. The van der Waals surface area contributed by atoms with Gasteiger partial charge in [0.05, 0.1) is 20.6 Å². The predicted molar refractivity (Wildman–Crippen MR) is 69.3 cm³/mol. The van der Waals surface area contributed by atoms with Crippen molar-refractivity contribution in [2.75, 3.05) is 27.8 Å². The molecule has 0 saturated carbocycles. The second-order valence-corrected chi connectivity index (χ2v) is 4.33. The summed E-state index contributed by atoms with van der Waals surface area (Å²) < 4.78 is 9.26. The molecule has 6 nitrogen and oxygen atoms in total. The van der Waals surface area contributed by atoms with E-state index in [0.717, 1.165) is 0 Å². The Kier molecular flexibility index (Phi) is 7.11. The van der Waals surface area contributed by atoms with Gasteiger partial charge < -0.3 is 14.4 Å². The Bertz CT molecular complexity index is 336. The van der Waals surface area contributed by atoms with Crippen LogP contribution >= 0.6 is 0 Å². The Morgan fingerprint density at radius 2 is 1.58 bits per heavy atom. The van der Waals surface area contributed by atoms with Gasteiger partial charge in [-0.3, -0.25) is 14.4 Å². The zero-order valence-corrected chi connectivity index (χ0v) is 12.3. The lowest BCUT2D eigenvalue weighted by Gasteiger charge is -2.31. The van der Waals surface area contributed by atoms with Crippen LogP contribution in [0.1, 0.15) is 33.1 Å². The highest BCUT2D eigenvalue weighted by Gasteiger charge is 2.45. The van der Waals surface area contributed by atoms with Crippen LogP contribution in [0, 0.1) is 5.41 Å². The van der Waals surface area contributed by atoms with E-state index in [1.54, 1.807) is 20.9 Å². The van der Waals surface area contributed by atoms with E-state index in [0.29, 0.717) is 12.8 Å². The molecule has 0 spiro atoms. The third kappa shape index (κ3) is 3.94. The number of rotatable bonds is 7. The van der Waals surface area contributed by atoms with Gasteiger partial charge in [-0.05, 0) is 12.8 Å². The van der Waals surface area contributed by atoms with Gasteiger partial charge in [-0.25, -0.2) is 0 Å². The van der Waals surface area contributed by atoms with E-state index >= 15 is 0 Å². The Morgan fingerprint density at radius 3 is 1.95 bits per heavy atom. The highest BCUT2D eigenvalue weighted by atomic mass is 16.5. The Labute approximate surface area is 114 Å². The van der Waals surface area contributed by atoms with Crippen molar-refractivity contribution in [1.82, 2.24) is 4.90 Å². The molecular formula is C13H23NO5. The number of carbonyl (C=O) groups is 3. The van der Waals surface area contributed by atoms with Gasteiger partial charge in [0.25, 0.3) is 0 Å². The molecule has 0 aliphatic carbocycles.